The molecule has 1 aromatic heterocycles. The number of nitrogens with one attached hydrogen (secondary N) is 1. The van der Waals surface area contributed by atoms with Gasteiger partial charge in [0.1, 0.15) is 12.8 Å². The topological polar surface area (TPSA) is 101 Å². The van der Waals surface area contributed by atoms with Crippen LogP contribution in [0.5, 0.6) is 0 Å². The van der Waals surface area contributed by atoms with E-state index in [1.165, 1.54) is 0 Å². The number of aromatic nitrogens is 1. The summed E-state index contributed by atoms with van der Waals surface area (Å²) in [5.74, 6) is 0.164. The van der Waals surface area contributed by atoms with Crippen LogP contribution in [0.1, 0.15) is 17.6 Å². The molecule has 4 N–H and O–H groups in total. The van der Waals surface area contributed by atoms with E-state index in [9.17, 15) is 14.3 Å². The number of halogens is 3. The van der Waals surface area contributed by atoms with Gasteiger partial charge in [-0.1, -0.05) is 47.5 Å². The summed E-state index contributed by atoms with van der Waals surface area (Å²) >= 11 is 10.8. The molecule has 1 amide bonds. The van der Waals surface area contributed by atoms with Gasteiger partial charge in [0.2, 0.25) is 5.89 Å². The van der Waals surface area contributed by atoms with Gasteiger partial charge < -0.3 is 20.6 Å². The molecule has 0 spiro atoms. The summed E-state index contributed by atoms with van der Waals surface area (Å²) in [6.07, 6.45) is 0.286. The lowest BCUT2D eigenvalue weighted by atomic mass is 10.0. The summed E-state index contributed by atoms with van der Waals surface area (Å²) < 4.78 is 18.5. The lowest BCUT2D eigenvalue weighted by Crippen LogP contribution is -2.43. The van der Waals surface area contributed by atoms with E-state index in [-0.39, 0.29) is 6.54 Å². The zero-order valence-electron chi connectivity index (χ0n) is 12.5. The molecule has 0 aliphatic carbocycles. The summed E-state index contributed by atoms with van der Waals surface area (Å²) in [6, 6.07) is 5.40. The highest BCUT2D eigenvalue weighted by atomic mass is 35.5. The van der Waals surface area contributed by atoms with Crippen LogP contribution >= 0.6 is 23.2 Å². The molecule has 2 atom stereocenters. The summed E-state index contributed by atoms with van der Waals surface area (Å²) in [7, 11) is 0. The zero-order chi connectivity index (χ0) is 17.7. The summed E-state index contributed by atoms with van der Waals surface area (Å²) in [5, 5.41) is 12.5. The minimum atomic E-state index is -1.34. The van der Waals surface area contributed by atoms with E-state index in [2.05, 4.69) is 10.3 Å². The van der Waals surface area contributed by atoms with Crippen molar-refractivity contribution in [1.82, 2.24) is 10.3 Å². The first-order valence-corrected chi connectivity index (χ1v) is 7.91. The molecular weight excluding hydrogens is 360 g/mol. The van der Waals surface area contributed by atoms with Gasteiger partial charge in [0, 0.05) is 5.56 Å². The number of nitrogens with two attached hydrogens (primary N) is 1. The number of alkyl halides is 3. The minimum Gasteiger partial charge on any atom is -0.439 e. The summed E-state index contributed by atoms with van der Waals surface area (Å²) in [4.78, 5) is 14.1. The predicted octanol–water partition coefficient (Wildman–Crippen LogP) is 2.09. The molecule has 130 valence electrons. The number of hydrogen-bond acceptors (Lipinski definition) is 5. The van der Waals surface area contributed by atoms with Crippen LogP contribution in [0.4, 0.5) is 4.39 Å². The van der Waals surface area contributed by atoms with Crippen LogP contribution in [0.2, 0.25) is 0 Å². The van der Waals surface area contributed by atoms with Gasteiger partial charge in [-0.25, -0.2) is 9.37 Å². The second-order valence-electron chi connectivity index (χ2n) is 4.96. The largest absolute Gasteiger partial charge is 0.439 e. The van der Waals surface area contributed by atoms with Crippen molar-refractivity contribution in [2.45, 2.75) is 23.5 Å². The van der Waals surface area contributed by atoms with Crippen molar-refractivity contribution in [3.05, 3.63) is 41.9 Å². The Labute approximate surface area is 147 Å². The molecular formula is C15H16Cl2FN3O3. The number of aliphatic hydroxyl groups excluding tert-OH is 1. The lowest BCUT2D eigenvalue weighted by molar-refractivity contribution is -0.121. The first-order valence-electron chi connectivity index (χ1n) is 7.04. The van der Waals surface area contributed by atoms with E-state index in [1.807, 2.05) is 0 Å². The van der Waals surface area contributed by atoms with Crippen molar-refractivity contribution in [3.63, 3.8) is 0 Å². The van der Waals surface area contributed by atoms with Crippen LogP contribution in [-0.4, -0.2) is 33.6 Å². The summed E-state index contributed by atoms with van der Waals surface area (Å²) in [5.41, 5.74) is 6.58. The maximum Gasteiger partial charge on any atom is 0.253 e. The second kappa shape index (κ2) is 8.43. The second-order valence-corrected chi connectivity index (χ2v) is 6.06. The van der Waals surface area contributed by atoms with E-state index in [1.54, 1.807) is 30.5 Å². The number of carbonyl (C=O) groups is 1. The Kier molecular flexibility index (Phi) is 6.56. The SMILES string of the molecule is NCc1ncc(-c2ccc([C@@H](O)[C@@H](CF)NC(=O)C(Cl)Cl)cc2)o1. The lowest BCUT2D eigenvalue weighted by Gasteiger charge is -2.22. The van der Waals surface area contributed by atoms with Crippen molar-refractivity contribution >= 4 is 29.1 Å². The van der Waals surface area contributed by atoms with Crippen LogP contribution < -0.4 is 11.1 Å². The molecule has 1 aromatic carbocycles. The summed E-state index contributed by atoms with van der Waals surface area (Å²) in [6.45, 7) is -0.784. The normalized spacial score (nSPS) is 13.8. The van der Waals surface area contributed by atoms with E-state index >= 15 is 0 Å². The van der Waals surface area contributed by atoms with Gasteiger partial charge in [-0.15, -0.1) is 0 Å². The Hall–Kier alpha value is -1.67. The van der Waals surface area contributed by atoms with Gasteiger partial charge in [0.25, 0.3) is 5.91 Å². The van der Waals surface area contributed by atoms with Gasteiger partial charge in [-0.05, 0) is 5.56 Å². The van der Waals surface area contributed by atoms with E-state index in [0.29, 0.717) is 17.2 Å². The van der Waals surface area contributed by atoms with E-state index in [4.69, 9.17) is 33.4 Å². The number of benzene rings is 1. The monoisotopic (exact) mass is 375 g/mol. The smallest absolute Gasteiger partial charge is 0.253 e. The van der Waals surface area contributed by atoms with Crippen LogP contribution in [0, 0.1) is 0 Å². The number of carbonyl (C=O) groups excluding carboxylic acids is 1. The van der Waals surface area contributed by atoms with E-state index < -0.39 is 29.6 Å². The molecule has 1 heterocycles. The van der Waals surface area contributed by atoms with Gasteiger partial charge in [0.15, 0.2) is 10.6 Å². The fraction of sp³-hybridized carbons (Fsp3) is 0.333. The molecule has 0 radical (unpaired) electrons. The van der Waals surface area contributed by atoms with Gasteiger partial charge in [-0.2, -0.15) is 0 Å². The fourth-order valence-corrected chi connectivity index (χ4v) is 2.19. The molecule has 0 aliphatic heterocycles. The van der Waals surface area contributed by atoms with Crippen molar-refractivity contribution < 1.29 is 18.7 Å². The fourth-order valence-electron chi connectivity index (χ4n) is 2.06. The Balaban J connectivity index is 2.12. The molecule has 2 aromatic rings. The van der Waals surface area contributed by atoms with Gasteiger partial charge in [-0.3, -0.25) is 4.79 Å². The first kappa shape index (κ1) is 18.7. The third-order valence-corrected chi connectivity index (χ3v) is 3.73. The molecule has 0 aliphatic rings. The average molecular weight is 376 g/mol. The quantitative estimate of drug-likeness (QED) is 0.643. The maximum absolute atomic E-state index is 13.1. The number of aliphatic hydroxyl groups is 1. The first-order chi connectivity index (χ1) is 11.5. The Morgan fingerprint density at radius 3 is 2.54 bits per heavy atom. The molecule has 2 rings (SSSR count). The van der Waals surface area contributed by atoms with Gasteiger partial charge in [0.05, 0.1) is 18.8 Å². The molecule has 6 nitrogen and oxygen atoms in total. The molecule has 0 bridgehead atoms. The third-order valence-electron chi connectivity index (χ3n) is 3.34. The van der Waals surface area contributed by atoms with Crippen LogP contribution in [0.3, 0.4) is 0 Å². The Morgan fingerprint density at radius 1 is 1.38 bits per heavy atom. The minimum absolute atomic E-state index is 0.191. The van der Waals surface area contributed by atoms with Crippen molar-refractivity contribution in [3.8, 4) is 11.3 Å². The zero-order valence-corrected chi connectivity index (χ0v) is 14.0. The van der Waals surface area contributed by atoms with Crippen molar-refractivity contribution in [2.75, 3.05) is 6.67 Å². The number of hydrogen-bond donors (Lipinski definition) is 3. The average Bonchev–Trinajstić information content (AvgIpc) is 3.08. The van der Waals surface area contributed by atoms with Crippen LogP contribution in [-0.2, 0) is 11.3 Å². The predicted molar refractivity (Wildman–Crippen MR) is 88.2 cm³/mol. The van der Waals surface area contributed by atoms with Gasteiger partial charge >= 0.3 is 0 Å². The van der Waals surface area contributed by atoms with Crippen molar-refractivity contribution in [2.24, 2.45) is 5.73 Å². The highest BCUT2D eigenvalue weighted by Crippen LogP contribution is 2.24. The molecule has 0 saturated heterocycles. The Morgan fingerprint density at radius 2 is 2.04 bits per heavy atom. The van der Waals surface area contributed by atoms with Crippen LogP contribution in [0.25, 0.3) is 11.3 Å². The Bertz CT molecular complexity index is 679. The number of rotatable bonds is 7. The molecule has 9 heteroatoms. The third kappa shape index (κ3) is 4.45. The highest BCUT2D eigenvalue weighted by Gasteiger charge is 2.25. The number of nitrogens with zero attached hydrogens (tertiary/aromatic N) is 1. The molecule has 0 unspecified atom stereocenters. The maximum atomic E-state index is 13.1. The van der Waals surface area contributed by atoms with Crippen molar-refractivity contribution in [1.29, 1.82) is 0 Å². The van der Waals surface area contributed by atoms with E-state index in [0.717, 1.165) is 5.56 Å². The standard InChI is InChI=1S/C15H16Cl2FN3O3/c16-14(17)15(23)21-10(5-18)13(22)9-3-1-8(2-4-9)11-7-20-12(6-19)24-11/h1-4,7,10,13-14,22H,5-6,19H2,(H,21,23)/t10-,13-/m1/s1. The van der Waals surface area contributed by atoms with Crippen LogP contribution in [0.15, 0.2) is 34.9 Å². The molecule has 24 heavy (non-hydrogen) atoms. The molecule has 0 fully saturated rings. The number of amides is 1. The highest BCUT2D eigenvalue weighted by molar-refractivity contribution is 6.53. The molecule has 0 saturated carbocycles. The number of oxazole rings is 1.